The van der Waals surface area contributed by atoms with Crippen molar-refractivity contribution < 1.29 is 23.2 Å². The molecule has 0 heterocycles. The number of benzene rings is 1. The number of ether oxygens (including phenoxy) is 1. The van der Waals surface area contributed by atoms with Crippen LogP contribution in [0, 0.1) is 10.1 Å². The van der Waals surface area contributed by atoms with Gasteiger partial charge in [0.2, 0.25) is 0 Å². The van der Waals surface area contributed by atoms with E-state index >= 15 is 0 Å². The van der Waals surface area contributed by atoms with Crippen molar-refractivity contribution in [3.63, 3.8) is 0 Å². The molecular formula is C11H12F2N2O4. The molecule has 6 nitrogen and oxygen atoms in total. The molecule has 0 fully saturated rings. The lowest BCUT2D eigenvalue weighted by Crippen LogP contribution is -2.27. The lowest BCUT2D eigenvalue weighted by Gasteiger charge is -2.20. The van der Waals surface area contributed by atoms with Crippen molar-refractivity contribution in [2.45, 2.75) is 6.43 Å². The molecule has 8 heteroatoms. The molecule has 0 saturated carbocycles. The van der Waals surface area contributed by atoms with Gasteiger partial charge in [-0.1, -0.05) is 0 Å². The fraction of sp³-hybridized carbons (Fsp3) is 0.364. The fourth-order valence-corrected chi connectivity index (χ4v) is 1.52. The van der Waals surface area contributed by atoms with E-state index in [0.29, 0.717) is 0 Å². The van der Waals surface area contributed by atoms with Crippen molar-refractivity contribution in [2.75, 3.05) is 25.6 Å². The van der Waals surface area contributed by atoms with Gasteiger partial charge in [0.15, 0.2) is 0 Å². The van der Waals surface area contributed by atoms with E-state index in [-0.39, 0.29) is 12.2 Å². The molecular weight excluding hydrogens is 262 g/mol. The maximum absolute atomic E-state index is 12.9. The Morgan fingerprint density at radius 2 is 2.16 bits per heavy atom. The van der Waals surface area contributed by atoms with E-state index in [2.05, 4.69) is 4.74 Å². The van der Waals surface area contributed by atoms with Crippen LogP contribution in [-0.4, -0.2) is 31.6 Å². The number of non-ortho nitro benzene ring substituents is 1. The van der Waals surface area contributed by atoms with Crippen LogP contribution < -0.4 is 4.90 Å². The minimum absolute atomic E-state index is 0.0472. The second-order valence-electron chi connectivity index (χ2n) is 3.73. The van der Waals surface area contributed by atoms with E-state index in [9.17, 15) is 23.7 Å². The predicted molar refractivity (Wildman–Crippen MR) is 63.3 cm³/mol. The number of carbonyl (C=O) groups excluding carboxylic acids is 1. The largest absolute Gasteiger partial charge is 0.468 e. The van der Waals surface area contributed by atoms with Gasteiger partial charge >= 0.3 is 5.97 Å². The third-order valence-electron chi connectivity index (χ3n) is 2.46. The molecule has 0 unspecified atom stereocenters. The summed E-state index contributed by atoms with van der Waals surface area (Å²) in [5.41, 5.74) is -0.878. The van der Waals surface area contributed by atoms with E-state index < -0.39 is 28.6 Å². The standard InChI is InChI=1S/C11H12F2N2O4/c1-14(6-10(16)19-2)9-4-3-7(15(17)18)5-8(9)11(12)13/h3-5,11H,6H2,1-2H3. The van der Waals surface area contributed by atoms with Gasteiger partial charge in [0.1, 0.15) is 6.54 Å². The van der Waals surface area contributed by atoms with Crippen LogP contribution in [-0.2, 0) is 9.53 Å². The van der Waals surface area contributed by atoms with Crippen molar-refractivity contribution >= 4 is 17.3 Å². The number of nitrogens with zero attached hydrogens (tertiary/aromatic N) is 2. The molecule has 0 radical (unpaired) electrons. The molecule has 0 N–H and O–H groups in total. The highest BCUT2D eigenvalue weighted by atomic mass is 19.3. The van der Waals surface area contributed by atoms with Crippen molar-refractivity contribution in [3.05, 3.63) is 33.9 Å². The van der Waals surface area contributed by atoms with E-state index in [4.69, 9.17) is 0 Å². The number of nitro groups is 1. The van der Waals surface area contributed by atoms with Crippen molar-refractivity contribution in [1.82, 2.24) is 0 Å². The van der Waals surface area contributed by atoms with E-state index in [1.54, 1.807) is 0 Å². The Kier molecular flexibility index (Phi) is 4.74. The van der Waals surface area contributed by atoms with Crippen LogP contribution >= 0.6 is 0 Å². The average Bonchev–Trinajstić information content (AvgIpc) is 2.37. The Labute approximate surface area is 107 Å². The first-order valence-corrected chi connectivity index (χ1v) is 5.21. The topological polar surface area (TPSA) is 72.7 Å². The number of anilines is 1. The number of halogens is 2. The predicted octanol–water partition coefficient (Wildman–Crippen LogP) is 2.14. The Bertz CT molecular complexity index is 494. The molecule has 1 aromatic rings. The molecule has 1 rings (SSSR count). The van der Waals surface area contributed by atoms with Crippen molar-refractivity contribution in [3.8, 4) is 0 Å². The number of esters is 1. The highest BCUT2D eigenvalue weighted by Gasteiger charge is 2.21. The molecule has 19 heavy (non-hydrogen) atoms. The van der Waals surface area contributed by atoms with E-state index in [0.717, 1.165) is 12.1 Å². The van der Waals surface area contributed by atoms with Crippen molar-refractivity contribution in [1.29, 1.82) is 0 Å². The lowest BCUT2D eigenvalue weighted by atomic mass is 10.1. The van der Waals surface area contributed by atoms with Gasteiger partial charge < -0.3 is 9.64 Å². The molecule has 0 aromatic heterocycles. The lowest BCUT2D eigenvalue weighted by molar-refractivity contribution is -0.385. The van der Waals surface area contributed by atoms with Crippen LogP contribution in [0.15, 0.2) is 18.2 Å². The SMILES string of the molecule is COC(=O)CN(C)c1ccc([N+](=O)[O-])cc1C(F)F. The molecule has 104 valence electrons. The van der Waals surface area contributed by atoms with Crippen LogP contribution in [0.4, 0.5) is 20.2 Å². The Hall–Kier alpha value is -2.25. The van der Waals surface area contributed by atoms with Gasteiger partial charge in [0.05, 0.1) is 12.0 Å². The molecule has 1 aromatic carbocycles. The normalized spacial score (nSPS) is 10.4. The first kappa shape index (κ1) is 14.8. The molecule has 0 bridgehead atoms. The molecule has 0 saturated heterocycles. The van der Waals surface area contributed by atoms with Gasteiger partial charge in [-0.3, -0.25) is 14.9 Å². The van der Waals surface area contributed by atoms with Crippen molar-refractivity contribution in [2.24, 2.45) is 0 Å². The molecule has 0 aliphatic heterocycles. The zero-order valence-electron chi connectivity index (χ0n) is 10.3. The summed E-state index contributed by atoms with van der Waals surface area (Å²) in [7, 11) is 2.60. The minimum atomic E-state index is -2.88. The van der Waals surface area contributed by atoms with Gasteiger partial charge in [-0.2, -0.15) is 0 Å². The summed E-state index contributed by atoms with van der Waals surface area (Å²) in [5.74, 6) is -0.596. The van der Waals surface area contributed by atoms with Gasteiger partial charge in [-0.05, 0) is 6.07 Å². The number of likely N-dealkylation sites (N-methyl/N-ethyl adjacent to an activating group) is 1. The van der Waals surface area contributed by atoms with Gasteiger partial charge in [-0.15, -0.1) is 0 Å². The third kappa shape index (κ3) is 3.60. The number of carbonyl (C=O) groups is 1. The summed E-state index contributed by atoms with van der Waals surface area (Å²) in [6, 6.07) is 3.09. The summed E-state index contributed by atoms with van der Waals surface area (Å²) in [5, 5.41) is 10.6. The minimum Gasteiger partial charge on any atom is -0.468 e. The fourth-order valence-electron chi connectivity index (χ4n) is 1.52. The number of alkyl halides is 2. The molecule has 0 aliphatic rings. The second kappa shape index (κ2) is 6.07. The molecule has 0 aliphatic carbocycles. The first-order valence-electron chi connectivity index (χ1n) is 5.21. The van der Waals surface area contributed by atoms with Crippen LogP contribution in [0.1, 0.15) is 12.0 Å². The summed E-state index contributed by atoms with van der Waals surface area (Å²) in [6.45, 7) is -0.228. The maximum atomic E-state index is 12.9. The summed E-state index contributed by atoms with van der Waals surface area (Å²) in [6.07, 6.45) is -2.88. The molecule has 0 amide bonds. The van der Waals surface area contributed by atoms with E-state index in [1.807, 2.05) is 0 Å². The van der Waals surface area contributed by atoms with E-state index in [1.165, 1.54) is 25.1 Å². The summed E-state index contributed by atoms with van der Waals surface area (Å²) in [4.78, 5) is 22.1. The van der Waals surface area contributed by atoms with Gasteiger partial charge in [-0.25, -0.2) is 8.78 Å². The summed E-state index contributed by atoms with van der Waals surface area (Å²) < 4.78 is 30.2. The number of methoxy groups -OCH3 is 1. The number of hydrogen-bond acceptors (Lipinski definition) is 5. The average molecular weight is 274 g/mol. The molecule has 0 spiro atoms. The van der Waals surface area contributed by atoms with Gasteiger partial charge in [0, 0.05) is 30.4 Å². The zero-order chi connectivity index (χ0) is 14.6. The highest BCUT2D eigenvalue weighted by Crippen LogP contribution is 2.32. The zero-order valence-corrected chi connectivity index (χ0v) is 10.3. The van der Waals surface area contributed by atoms with Crippen LogP contribution in [0.25, 0.3) is 0 Å². The summed E-state index contributed by atoms with van der Waals surface area (Å²) >= 11 is 0. The highest BCUT2D eigenvalue weighted by molar-refractivity contribution is 5.76. The Morgan fingerprint density at radius 3 is 2.63 bits per heavy atom. The van der Waals surface area contributed by atoms with Crippen LogP contribution in [0.2, 0.25) is 0 Å². The maximum Gasteiger partial charge on any atom is 0.325 e. The number of nitro benzene ring substituents is 1. The Balaban J connectivity index is 3.12. The van der Waals surface area contributed by atoms with Gasteiger partial charge in [0.25, 0.3) is 12.1 Å². The smallest absolute Gasteiger partial charge is 0.325 e. The van der Waals surface area contributed by atoms with Crippen LogP contribution in [0.3, 0.4) is 0 Å². The third-order valence-corrected chi connectivity index (χ3v) is 2.46. The monoisotopic (exact) mass is 274 g/mol. The van der Waals surface area contributed by atoms with Crippen LogP contribution in [0.5, 0.6) is 0 Å². The number of rotatable bonds is 5. The Morgan fingerprint density at radius 1 is 1.53 bits per heavy atom. The number of hydrogen-bond donors (Lipinski definition) is 0. The second-order valence-corrected chi connectivity index (χ2v) is 3.73. The quantitative estimate of drug-likeness (QED) is 0.467. The first-order chi connectivity index (χ1) is 8.86. The molecule has 0 atom stereocenters.